The van der Waals surface area contributed by atoms with E-state index >= 15 is 0 Å². The Bertz CT molecular complexity index is 692. The molecule has 2 rings (SSSR count). The van der Waals surface area contributed by atoms with Gasteiger partial charge in [-0.15, -0.1) is 0 Å². The SMILES string of the molecule is O=C(O)C1=NN(Cc2ccc(S(=O)(=O)O)cc2)C(=O)C1. The van der Waals surface area contributed by atoms with Crippen molar-refractivity contribution in [3.05, 3.63) is 29.8 Å². The van der Waals surface area contributed by atoms with Gasteiger partial charge in [0.25, 0.3) is 10.1 Å². The van der Waals surface area contributed by atoms with Gasteiger partial charge in [0.05, 0.1) is 17.9 Å². The predicted molar refractivity (Wildman–Crippen MR) is 66.5 cm³/mol. The van der Waals surface area contributed by atoms with Crippen molar-refractivity contribution in [2.24, 2.45) is 5.10 Å². The molecule has 1 aromatic carbocycles. The molecule has 0 atom stereocenters. The lowest BCUT2D eigenvalue weighted by Crippen LogP contribution is -2.20. The van der Waals surface area contributed by atoms with Crippen LogP contribution in [-0.4, -0.2) is 40.7 Å². The van der Waals surface area contributed by atoms with Gasteiger partial charge in [-0.05, 0) is 17.7 Å². The van der Waals surface area contributed by atoms with E-state index in [0.717, 1.165) is 5.01 Å². The highest BCUT2D eigenvalue weighted by atomic mass is 32.2. The summed E-state index contributed by atoms with van der Waals surface area (Å²) in [4.78, 5) is 22.0. The number of amides is 1. The number of rotatable bonds is 4. The molecule has 0 aromatic heterocycles. The topological polar surface area (TPSA) is 124 Å². The fourth-order valence-corrected chi connectivity index (χ4v) is 2.13. The number of hydrazone groups is 1. The van der Waals surface area contributed by atoms with Crippen molar-refractivity contribution in [3.8, 4) is 0 Å². The van der Waals surface area contributed by atoms with Crippen LogP contribution < -0.4 is 0 Å². The van der Waals surface area contributed by atoms with E-state index in [0.29, 0.717) is 5.56 Å². The van der Waals surface area contributed by atoms with Gasteiger partial charge in [0, 0.05) is 0 Å². The Morgan fingerprint density at radius 2 is 1.90 bits per heavy atom. The van der Waals surface area contributed by atoms with E-state index in [1.54, 1.807) is 0 Å². The average Bonchev–Trinajstić information content (AvgIpc) is 2.71. The molecule has 106 valence electrons. The average molecular weight is 298 g/mol. The number of hydrogen-bond acceptors (Lipinski definition) is 5. The third-order valence-corrected chi connectivity index (χ3v) is 3.52. The van der Waals surface area contributed by atoms with Gasteiger partial charge < -0.3 is 5.11 Å². The minimum atomic E-state index is -4.26. The lowest BCUT2D eigenvalue weighted by atomic mass is 10.2. The van der Waals surface area contributed by atoms with Crippen LogP contribution in [0.2, 0.25) is 0 Å². The molecule has 1 aliphatic rings. The molecule has 0 aliphatic carbocycles. The number of aliphatic carboxylic acids is 1. The van der Waals surface area contributed by atoms with Crippen LogP contribution in [0.4, 0.5) is 0 Å². The first kappa shape index (κ1) is 14.2. The van der Waals surface area contributed by atoms with Crippen LogP contribution in [0, 0.1) is 0 Å². The highest BCUT2D eigenvalue weighted by Crippen LogP contribution is 2.15. The summed E-state index contributed by atoms with van der Waals surface area (Å²) in [5.41, 5.74) is 0.325. The molecule has 0 bridgehead atoms. The van der Waals surface area contributed by atoms with E-state index in [4.69, 9.17) is 9.66 Å². The molecule has 1 aliphatic heterocycles. The summed E-state index contributed by atoms with van der Waals surface area (Å²) in [7, 11) is -4.26. The van der Waals surface area contributed by atoms with E-state index < -0.39 is 22.0 Å². The highest BCUT2D eigenvalue weighted by Gasteiger charge is 2.27. The molecule has 2 N–H and O–H groups in total. The van der Waals surface area contributed by atoms with Crippen molar-refractivity contribution in [1.82, 2.24) is 5.01 Å². The molecule has 9 heteroatoms. The molecule has 0 unspecified atom stereocenters. The Hall–Kier alpha value is -2.26. The second-order valence-electron chi connectivity index (χ2n) is 4.10. The van der Waals surface area contributed by atoms with Crippen LogP contribution >= 0.6 is 0 Å². The largest absolute Gasteiger partial charge is 0.477 e. The quantitative estimate of drug-likeness (QED) is 0.760. The minimum Gasteiger partial charge on any atom is -0.477 e. The van der Waals surface area contributed by atoms with E-state index in [1.807, 2.05) is 0 Å². The number of carbonyl (C=O) groups excluding carboxylic acids is 1. The van der Waals surface area contributed by atoms with Crippen molar-refractivity contribution in [2.75, 3.05) is 0 Å². The second-order valence-corrected chi connectivity index (χ2v) is 5.52. The van der Waals surface area contributed by atoms with Crippen molar-refractivity contribution in [3.63, 3.8) is 0 Å². The van der Waals surface area contributed by atoms with Crippen molar-refractivity contribution < 1.29 is 27.7 Å². The van der Waals surface area contributed by atoms with Gasteiger partial charge in [-0.1, -0.05) is 12.1 Å². The van der Waals surface area contributed by atoms with Crippen molar-refractivity contribution in [2.45, 2.75) is 17.9 Å². The Balaban J connectivity index is 2.15. The van der Waals surface area contributed by atoms with Crippen LogP contribution in [-0.2, 0) is 26.3 Å². The third-order valence-electron chi connectivity index (χ3n) is 2.65. The van der Waals surface area contributed by atoms with Gasteiger partial charge in [-0.2, -0.15) is 13.5 Å². The molecule has 8 nitrogen and oxygen atoms in total. The zero-order chi connectivity index (χ0) is 14.9. The zero-order valence-corrected chi connectivity index (χ0v) is 10.9. The summed E-state index contributed by atoms with van der Waals surface area (Å²) in [6.07, 6.45) is -0.265. The van der Waals surface area contributed by atoms with Crippen molar-refractivity contribution in [1.29, 1.82) is 0 Å². The maximum atomic E-state index is 11.5. The van der Waals surface area contributed by atoms with Gasteiger partial charge in [-0.25, -0.2) is 9.80 Å². The maximum Gasteiger partial charge on any atom is 0.352 e. The number of hydrogen-bond donors (Lipinski definition) is 2. The third kappa shape index (κ3) is 3.00. The summed E-state index contributed by atoms with van der Waals surface area (Å²) in [5, 5.41) is 13.4. The van der Waals surface area contributed by atoms with E-state index in [2.05, 4.69) is 5.10 Å². The molecular formula is C11H10N2O6S. The molecule has 0 radical (unpaired) electrons. The van der Waals surface area contributed by atoms with Crippen LogP contribution in [0.1, 0.15) is 12.0 Å². The van der Waals surface area contributed by atoms with Crippen LogP contribution in [0.15, 0.2) is 34.3 Å². The van der Waals surface area contributed by atoms with Crippen LogP contribution in [0.25, 0.3) is 0 Å². The molecular weight excluding hydrogens is 288 g/mol. The number of nitrogens with zero attached hydrogens (tertiary/aromatic N) is 2. The molecule has 1 amide bonds. The Morgan fingerprint density at radius 1 is 1.30 bits per heavy atom. The molecule has 1 heterocycles. The van der Waals surface area contributed by atoms with Gasteiger partial charge in [0.15, 0.2) is 5.71 Å². The smallest absolute Gasteiger partial charge is 0.352 e. The molecule has 0 spiro atoms. The van der Waals surface area contributed by atoms with Gasteiger partial charge in [0.2, 0.25) is 5.91 Å². The first-order valence-electron chi connectivity index (χ1n) is 5.45. The van der Waals surface area contributed by atoms with E-state index in [9.17, 15) is 18.0 Å². The molecule has 0 fully saturated rings. The predicted octanol–water partition coefficient (Wildman–Crippen LogP) is 0.106. The Labute approximate surface area is 114 Å². The Kier molecular flexibility index (Phi) is 3.55. The summed E-state index contributed by atoms with van der Waals surface area (Å²) in [5.74, 6) is -1.69. The van der Waals surface area contributed by atoms with Gasteiger partial charge >= 0.3 is 5.97 Å². The summed E-state index contributed by atoms with van der Waals surface area (Å²) in [6, 6.07) is 5.19. The van der Waals surface area contributed by atoms with E-state index in [-0.39, 0.29) is 23.6 Å². The first-order chi connectivity index (χ1) is 9.27. The monoisotopic (exact) mass is 298 g/mol. The maximum absolute atomic E-state index is 11.5. The van der Waals surface area contributed by atoms with Crippen LogP contribution in [0.5, 0.6) is 0 Å². The second kappa shape index (κ2) is 5.02. The number of carboxylic acids is 1. The number of carboxylic acid groups (broad SMARTS) is 1. The van der Waals surface area contributed by atoms with Crippen molar-refractivity contribution >= 4 is 27.7 Å². The van der Waals surface area contributed by atoms with Crippen LogP contribution in [0.3, 0.4) is 0 Å². The number of benzene rings is 1. The van der Waals surface area contributed by atoms with Gasteiger partial charge in [0.1, 0.15) is 0 Å². The Morgan fingerprint density at radius 3 is 2.35 bits per heavy atom. The standard InChI is InChI=1S/C11H10N2O6S/c14-10-5-9(11(15)16)12-13(10)6-7-1-3-8(4-2-7)20(17,18)19/h1-4H,5-6H2,(H,15,16)(H,17,18,19). The molecule has 0 saturated carbocycles. The first-order valence-corrected chi connectivity index (χ1v) is 6.89. The molecule has 20 heavy (non-hydrogen) atoms. The summed E-state index contributed by atoms with van der Waals surface area (Å²) >= 11 is 0. The van der Waals surface area contributed by atoms with Gasteiger partial charge in [-0.3, -0.25) is 9.35 Å². The lowest BCUT2D eigenvalue weighted by Gasteiger charge is -2.11. The summed E-state index contributed by atoms with van der Waals surface area (Å²) < 4.78 is 30.5. The molecule has 1 aromatic rings. The summed E-state index contributed by atoms with van der Waals surface area (Å²) in [6.45, 7) is 0.0291. The van der Waals surface area contributed by atoms with E-state index in [1.165, 1.54) is 24.3 Å². The molecule has 0 saturated heterocycles. The number of carbonyl (C=O) groups is 2. The lowest BCUT2D eigenvalue weighted by molar-refractivity contribution is -0.131. The fourth-order valence-electron chi connectivity index (χ4n) is 1.65. The fraction of sp³-hybridized carbons (Fsp3) is 0.182. The normalized spacial score (nSPS) is 15.3. The minimum absolute atomic E-state index is 0.0291. The zero-order valence-electron chi connectivity index (χ0n) is 10.1. The highest BCUT2D eigenvalue weighted by molar-refractivity contribution is 7.85.